The van der Waals surface area contributed by atoms with Crippen LogP contribution < -0.4 is 15.5 Å². The maximum atomic E-state index is 12.4. The number of carbonyl (C=O) groups excluding carboxylic acids is 1. The first kappa shape index (κ1) is 24.8. The maximum Gasteiger partial charge on any atom is 0.319 e. The van der Waals surface area contributed by atoms with Crippen LogP contribution in [0.3, 0.4) is 0 Å². The predicted molar refractivity (Wildman–Crippen MR) is 147 cm³/mol. The van der Waals surface area contributed by atoms with Crippen LogP contribution in [0.5, 0.6) is 0 Å². The molecule has 7 nitrogen and oxygen atoms in total. The Hall–Kier alpha value is -2.90. The highest BCUT2D eigenvalue weighted by molar-refractivity contribution is 5.89. The molecule has 2 N–H and O–H groups in total. The maximum absolute atomic E-state index is 12.4. The Bertz CT molecular complexity index is 1060. The Morgan fingerprint density at radius 1 is 1.00 bits per heavy atom. The summed E-state index contributed by atoms with van der Waals surface area (Å²) in [4.78, 5) is 24.7. The van der Waals surface area contributed by atoms with Crippen molar-refractivity contribution in [2.45, 2.75) is 51.1 Å². The van der Waals surface area contributed by atoms with E-state index in [4.69, 9.17) is 4.98 Å². The van der Waals surface area contributed by atoms with E-state index in [0.717, 1.165) is 82.3 Å². The van der Waals surface area contributed by atoms with Gasteiger partial charge in [-0.15, -0.1) is 0 Å². The Kier molecular flexibility index (Phi) is 8.18. The molecule has 0 unspecified atom stereocenters. The molecular formula is C29H40N6O. The molecule has 1 aromatic heterocycles. The zero-order valence-corrected chi connectivity index (χ0v) is 21.6. The summed E-state index contributed by atoms with van der Waals surface area (Å²) < 4.78 is 0. The van der Waals surface area contributed by atoms with E-state index in [1.807, 2.05) is 12.1 Å². The van der Waals surface area contributed by atoms with Gasteiger partial charge in [0.25, 0.3) is 0 Å². The van der Waals surface area contributed by atoms with E-state index >= 15 is 0 Å². The lowest BCUT2D eigenvalue weighted by Crippen LogP contribution is -2.44. The van der Waals surface area contributed by atoms with Gasteiger partial charge in [0.1, 0.15) is 5.82 Å². The normalized spacial score (nSPS) is 20.1. The van der Waals surface area contributed by atoms with Crippen molar-refractivity contribution in [2.24, 2.45) is 0 Å². The van der Waals surface area contributed by atoms with Crippen molar-refractivity contribution in [1.82, 2.24) is 20.1 Å². The van der Waals surface area contributed by atoms with Gasteiger partial charge >= 0.3 is 6.03 Å². The summed E-state index contributed by atoms with van der Waals surface area (Å²) in [6.45, 7) is 7.04. The van der Waals surface area contributed by atoms with Crippen LogP contribution in [0.4, 0.5) is 16.3 Å². The minimum absolute atomic E-state index is 0.0871. The number of hydrogen-bond donors (Lipinski definition) is 2. The van der Waals surface area contributed by atoms with E-state index in [-0.39, 0.29) is 6.03 Å². The van der Waals surface area contributed by atoms with Crippen LogP contribution in [-0.2, 0) is 6.54 Å². The average Bonchev–Trinajstić information content (AvgIpc) is 2.90. The number of urea groups is 1. The number of anilines is 2. The molecule has 2 fully saturated rings. The van der Waals surface area contributed by atoms with Gasteiger partial charge in [-0.05, 0) is 61.7 Å². The summed E-state index contributed by atoms with van der Waals surface area (Å²) in [6.07, 6.45) is 9.23. The number of pyridine rings is 1. The van der Waals surface area contributed by atoms with Crippen molar-refractivity contribution >= 4 is 23.1 Å². The fourth-order valence-corrected chi connectivity index (χ4v) is 5.51. The van der Waals surface area contributed by atoms with Crippen molar-refractivity contribution in [1.29, 1.82) is 0 Å². The van der Waals surface area contributed by atoms with Crippen LogP contribution in [0.15, 0.2) is 48.5 Å². The van der Waals surface area contributed by atoms with Crippen molar-refractivity contribution in [2.75, 3.05) is 56.5 Å². The zero-order valence-electron chi connectivity index (χ0n) is 21.6. The van der Waals surface area contributed by atoms with Crippen LogP contribution in [0.1, 0.15) is 49.8 Å². The van der Waals surface area contributed by atoms with Crippen LogP contribution in [0, 0.1) is 0 Å². The fourth-order valence-electron chi connectivity index (χ4n) is 5.51. The monoisotopic (exact) mass is 488 g/mol. The van der Waals surface area contributed by atoms with Crippen molar-refractivity contribution in [3.63, 3.8) is 0 Å². The molecule has 36 heavy (non-hydrogen) atoms. The second kappa shape index (κ2) is 11.9. The Morgan fingerprint density at radius 2 is 1.81 bits per heavy atom. The molecule has 1 saturated heterocycles. The molecule has 1 saturated carbocycles. The van der Waals surface area contributed by atoms with Crippen molar-refractivity contribution in [3.05, 3.63) is 59.8 Å². The first-order chi connectivity index (χ1) is 17.6. The molecule has 7 heteroatoms. The highest BCUT2D eigenvalue weighted by Crippen LogP contribution is 2.25. The smallest absolute Gasteiger partial charge is 0.319 e. The number of nitrogens with zero attached hydrogens (tertiary/aromatic N) is 4. The predicted octanol–water partition coefficient (Wildman–Crippen LogP) is 4.58. The highest BCUT2D eigenvalue weighted by atomic mass is 16.2. The van der Waals surface area contributed by atoms with Crippen molar-refractivity contribution in [3.8, 4) is 0 Å². The standard InChI is InChI=1S/C29H40N6O/c1-33-17-19-35(20-18-33)28-12-6-11-27(32-28)24-13-15-34(16-14-24)22-23-7-5-10-26(21-23)31-29(36)30-25-8-3-2-4-9-25/h5-7,10-13,21,25H,2-4,8-9,14-20,22H2,1H3,(H2,30,31,36). The Balaban J connectivity index is 1.14. The molecule has 2 aromatic rings. The highest BCUT2D eigenvalue weighted by Gasteiger charge is 2.19. The van der Waals surface area contributed by atoms with Crippen molar-refractivity contribution < 1.29 is 4.79 Å². The number of amides is 2. The molecule has 3 aliphatic rings. The van der Waals surface area contributed by atoms with Gasteiger partial charge in [-0.1, -0.05) is 43.5 Å². The van der Waals surface area contributed by atoms with Gasteiger partial charge in [0.05, 0.1) is 5.69 Å². The Morgan fingerprint density at radius 3 is 2.58 bits per heavy atom. The van der Waals surface area contributed by atoms with Gasteiger partial charge in [-0.3, -0.25) is 4.90 Å². The van der Waals surface area contributed by atoms with E-state index in [2.05, 4.69) is 68.8 Å². The van der Waals surface area contributed by atoms with Crippen LogP contribution in [-0.4, -0.2) is 73.2 Å². The lowest BCUT2D eigenvalue weighted by atomic mass is 9.96. The second-order valence-electron chi connectivity index (χ2n) is 10.5. The van der Waals surface area contributed by atoms with Crippen LogP contribution in [0.2, 0.25) is 0 Å². The molecular weight excluding hydrogens is 448 g/mol. The molecule has 0 radical (unpaired) electrons. The van der Waals surface area contributed by atoms with E-state index in [0.29, 0.717) is 6.04 Å². The number of benzene rings is 1. The zero-order chi connectivity index (χ0) is 24.7. The number of aromatic nitrogens is 1. The summed E-state index contributed by atoms with van der Waals surface area (Å²) in [6, 6.07) is 14.9. The third-order valence-electron chi connectivity index (χ3n) is 7.72. The number of nitrogens with one attached hydrogen (secondary N) is 2. The van der Waals surface area contributed by atoms with Crippen LogP contribution >= 0.6 is 0 Å². The molecule has 1 aromatic carbocycles. The van der Waals surface area contributed by atoms with Crippen LogP contribution in [0.25, 0.3) is 5.57 Å². The van der Waals surface area contributed by atoms with Gasteiger partial charge in [-0.2, -0.15) is 0 Å². The molecule has 192 valence electrons. The third kappa shape index (κ3) is 6.65. The molecule has 0 bridgehead atoms. The van der Waals surface area contributed by atoms with Gasteiger partial charge < -0.3 is 20.4 Å². The molecule has 3 heterocycles. The lowest BCUT2D eigenvalue weighted by Gasteiger charge is -2.33. The Labute approximate surface area is 215 Å². The average molecular weight is 489 g/mol. The van der Waals surface area contributed by atoms with E-state index in [1.54, 1.807) is 0 Å². The SMILES string of the molecule is CN1CCN(c2cccc(C3=CCN(Cc4cccc(NC(=O)NC5CCCCC5)c4)CC3)n2)CC1. The molecule has 2 aliphatic heterocycles. The van der Waals surface area contributed by atoms with Gasteiger partial charge in [0, 0.05) is 57.5 Å². The first-order valence-electron chi connectivity index (χ1n) is 13.6. The van der Waals surface area contributed by atoms with E-state index < -0.39 is 0 Å². The molecule has 0 spiro atoms. The summed E-state index contributed by atoms with van der Waals surface area (Å²) in [5, 5.41) is 6.17. The number of carbonyl (C=O) groups is 1. The number of piperazine rings is 1. The number of hydrogen-bond acceptors (Lipinski definition) is 5. The summed E-state index contributed by atoms with van der Waals surface area (Å²) in [5.41, 5.74) is 4.54. The lowest BCUT2D eigenvalue weighted by molar-refractivity contribution is 0.244. The third-order valence-corrected chi connectivity index (χ3v) is 7.72. The molecule has 1 aliphatic carbocycles. The molecule has 0 atom stereocenters. The fraction of sp³-hybridized carbons (Fsp3) is 0.517. The molecule has 5 rings (SSSR count). The summed E-state index contributed by atoms with van der Waals surface area (Å²) >= 11 is 0. The topological polar surface area (TPSA) is 63.7 Å². The first-order valence-corrected chi connectivity index (χ1v) is 13.6. The summed E-state index contributed by atoms with van der Waals surface area (Å²) in [5.74, 6) is 1.10. The second-order valence-corrected chi connectivity index (χ2v) is 10.5. The van der Waals surface area contributed by atoms with E-state index in [1.165, 1.54) is 30.4 Å². The van der Waals surface area contributed by atoms with E-state index in [9.17, 15) is 4.79 Å². The number of rotatable bonds is 6. The van der Waals surface area contributed by atoms with Gasteiger partial charge in [-0.25, -0.2) is 9.78 Å². The van der Waals surface area contributed by atoms with Gasteiger partial charge in [0.15, 0.2) is 0 Å². The largest absolute Gasteiger partial charge is 0.354 e. The minimum Gasteiger partial charge on any atom is -0.354 e. The number of likely N-dealkylation sites (N-methyl/N-ethyl adjacent to an activating group) is 1. The molecule has 2 amide bonds. The summed E-state index contributed by atoms with van der Waals surface area (Å²) in [7, 11) is 2.18. The quantitative estimate of drug-likeness (QED) is 0.623. The van der Waals surface area contributed by atoms with Gasteiger partial charge in [0.2, 0.25) is 0 Å². The minimum atomic E-state index is -0.0871.